The lowest BCUT2D eigenvalue weighted by atomic mass is 10.0. The standard InChI is InChI=1S/C28H33BrN4O2/c1-3-25(31-16-17-32(19(2)18-31)27(34)20-8-4-5-9-20)26-30-24-11-7-6-10-23(24)28(35)33(26)22-14-12-21(29)13-15-22/h6-7,10-15,19-20,25H,3-5,8-9,16-18H2,1-2H3. The van der Waals surface area contributed by atoms with Gasteiger partial charge < -0.3 is 4.90 Å². The second kappa shape index (κ2) is 10.2. The highest BCUT2D eigenvalue weighted by Crippen LogP contribution is 2.31. The molecule has 6 nitrogen and oxygen atoms in total. The van der Waals surface area contributed by atoms with Crippen LogP contribution in [-0.4, -0.2) is 50.9 Å². The third-order valence-corrected chi connectivity index (χ3v) is 8.19. The molecule has 1 aromatic heterocycles. The molecular weight excluding hydrogens is 504 g/mol. The van der Waals surface area contributed by atoms with Crippen molar-refractivity contribution in [3.8, 4) is 5.69 Å². The monoisotopic (exact) mass is 536 g/mol. The fraction of sp³-hybridized carbons (Fsp3) is 0.464. The highest BCUT2D eigenvalue weighted by molar-refractivity contribution is 9.10. The number of aromatic nitrogens is 2. The topological polar surface area (TPSA) is 58.4 Å². The summed E-state index contributed by atoms with van der Waals surface area (Å²) in [4.78, 5) is 36.4. The van der Waals surface area contributed by atoms with Crippen LogP contribution in [0.2, 0.25) is 0 Å². The number of hydrogen-bond donors (Lipinski definition) is 0. The SMILES string of the molecule is CCC(c1nc2ccccc2c(=O)n1-c1ccc(Br)cc1)N1CCN(C(=O)C2CCCC2)C(C)C1. The Morgan fingerprint density at radius 1 is 1.09 bits per heavy atom. The summed E-state index contributed by atoms with van der Waals surface area (Å²) in [6, 6.07) is 15.5. The van der Waals surface area contributed by atoms with Crippen LogP contribution in [0.5, 0.6) is 0 Å². The van der Waals surface area contributed by atoms with Gasteiger partial charge in [0.25, 0.3) is 5.56 Å². The number of fused-ring (bicyclic) bond motifs is 1. The lowest BCUT2D eigenvalue weighted by molar-refractivity contribution is -0.140. The Morgan fingerprint density at radius 2 is 1.80 bits per heavy atom. The summed E-state index contributed by atoms with van der Waals surface area (Å²) in [7, 11) is 0. The summed E-state index contributed by atoms with van der Waals surface area (Å²) >= 11 is 3.50. The first-order valence-corrected chi connectivity index (χ1v) is 13.6. The Balaban J connectivity index is 1.51. The summed E-state index contributed by atoms with van der Waals surface area (Å²) in [5.41, 5.74) is 1.49. The quantitative estimate of drug-likeness (QED) is 0.442. The van der Waals surface area contributed by atoms with Gasteiger partial charge in [0.2, 0.25) is 5.91 Å². The van der Waals surface area contributed by atoms with E-state index in [1.54, 1.807) is 4.57 Å². The molecular formula is C28H33BrN4O2. The summed E-state index contributed by atoms with van der Waals surface area (Å²) in [5.74, 6) is 1.30. The lowest BCUT2D eigenvalue weighted by Gasteiger charge is -2.44. The number of piperazine rings is 1. The molecule has 35 heavy (non-hydrogen) atoms. The normalized spacial score (nSPS) is 20.4. The molecule has 2 aliphatic rings. The van der Waals surface area contributed by atoms with Crippen molar-refractivity contribution in [2.24, 2.45) is 5.92 Å². The van der Waals surface area contributed by atoms with Crippen LogP contribution in [0.15, 0.2) is 57.8 Å². The number of halogens is 1. The second-order valence-electron chi connectivity index (χ2n) is 9.89. The summed E-state index contributed by atoms with van der Waals surface area (Å²) < 4.78 is 2.75. The average molecular weight is 538 g/mol. The van der Waals surface area contributed by atoms with E-state index < -0.39 is 0 Å². The first-order chi connectivity index (χ1) is 17.0. The number of nitrogens with zero attached hydrogens (tertiary/aromatic N) is 4. The van der Waals surface area contributed by atoms with Crippen LogP contribution >= 0.6 is 15.9 Å². The highest BCUT2D eigenvalue weighted by Gasteiger charge is 2.36. The zero-order valence-corrected chi connectivity index (χ0v) is 22.1. The van der Waals surface area contributed by atoms with Gasteiger partial charge in [-0.05, 0) is 62.6 Å². The summed E-state index contributed by atoms with van der Waals surface area (Å²) in [6.45, 7) is 6.59. The van der Waals surface area contributed by atoms with Gasteiger partial charge in [-0.3, -0.25) is 19.1 Å². The van der Waals surface area contributed by atoms with Crippen LogP contribution in [0, 0.1) is 5.92 Å². The third kappa shape index (κ3) is 4.68. The Labute approximate surface area is 215 Å². The fourth-order valence-electron chi connectivity index (χ4n) is 5.82. The third-order valence-electron chi connectivity index (χ3n) is 7.66. The van der Waals surface area contributed by atoms with Crippen LogP contribution in [0.3, 0.4) is 0 Å². The number of amides is 1. The van der Waals surface area contributed by atoms with Crippen molar-refractivity contribution < 1.29 is 4.79 Å². The maximum atomic E-state index is 13.7. The minimum absolute atomic E-state index is 0.0258. The molecule has 2 heterocycles. The first kappa shape index (κ1) is 24.2. The number of rotatable bonds is 5. The predicted molar refractivity (Wildman–Crippen MR) is 143 cm³/mol. The van der Waals surface area contributed by atoms with E-state index in [9.17, 15) is 9.59 Å². The van der Waals surface area contributed by atoms with Crippen molar-refractivity contribution >= 4 is 32.7 Å². The van der Waals surface area contributed by atoms with Gasteiger partial charge >= 0.3 is 0 Å². The van der Waals surface area contributed by atoms with Gasteiger partial charge in [0.05, 0.1) is 22.6 Å². The maximum absolute atomic E-state index is 13.7. The van der Waals surface area contributed by atoms with Gasteiger partial charge in [0.1, 0.15) is 5.82 Å². The number of benzene rings is 2. The van der Waals surface area contributed by atoms with Gasteiger partial charge in [-0.25, -0.2) is 4.98 Å². The minimum Gasteiger partial charge on any atom is -0.337 e. The molecule has 0 bridgehead atoms. The van der Waals surface area contributed by atoms with Crippen molar-refractivity contribution in [2.75, 3.05) is 19.6 Å². The molecule has 184 valence electrons. The van der Waals surface area contributed by atoms with Gasteiger partial charge in [0, 0.05) is 36.1 Å². The Morgan fingerprint density at radius 3 is 2.49 bits per heavy atom. The zero-order chi connectivity index (χ0) is 24.5. The van der Waals surface area contributed by atoms with Crippen molar-refractivity contribution in [3.05, 3.63) is 69.2 Å². The Kier molecular flexibility index (Phi) is 7.07. The van der Waals surface area contributed by atoms with Gasteiger partial charge in [-0.2, -0.15) is 0 Å². The number of para-hydroxylation sites is 1. The van der Waals surface area contributed by atoms with Crippen molar-refractivity contribution in [2.45, 2.75) is 58.0 Å². The van der Waals surface area contributed by atoms with Gasteiger partial charge in [-0.15, -0.1) is 0 Å². The first-order valence-electron chi connectivity index (χ1n) is 12.8. The van der Waals surface area contributed by atoms with E-state index in [2.05, 4.69) is 39.6 Å². The fourth-order valence-corrected chi connectivity index (χ4v) is 6.09. The predicted octanol–water partition coefficient (Wildman–Crippen LogP) is 5.32. The molecule has 0 spiro atoms. The van der Waals surface area contributed by atoms with E-state index in [0.717, 1.165) is 60.4 Å². The molecule has 2 atom stereocenters. The molecule has 2 unspecified atom stereocenters. The molecule has 3 aromatic rings. The second-order valence-corrected chi connectivity index (χ2v) is 10.8. The molecule has 1 aliphatic heterocycles. The van der Waals surface area contributed by atoms with Gasteiger partial charge in [-0.1, -0.05) is 47.8 Å². The van der Waals surface area contributed by atoms with Crippen LogP contribution in [0.1, 0.15) is 57.8 Å². The summed E-state index contributed by atoms with van der Waals surface area (Å²) in [5, 5.41) is 0.620. The molecule has 0 N–H and O–H groups in total. The van der Waals surface area contributed by atoms with E-state index in [1.165, 1.54) is 12.8 Å². The Hall–Kier alpha value is -2.51. The summed E-state index contributed by atoms with van der Waals surface area (Å²) in [6.07, 6.45) is 5.23. The van der Waals surface area contributed by atoms with Crippen LogP contribution in [0.4, 0.5) is 0 Å². The van der Waals surface area contributed by atoms with Crippen LogP contribution < -0.4 is 5.56 Å². The highest BCUT2D eigenvalue weighted by atomic mass is 79.9. The number of carbonyl (C=O) groups is 1. The average Bonchev–Trinajstić information content (AvgIpc) is 3.41. The largest absolute Gasteiger partial charge is 0.337 e. The Bertz CT molecular complexity index is 1270. The van der Waals surface area contributed by atoms with Crippen molar-refractivity contribution in [1.29, 1.82) is 0 Å². The molecule has 5 rings (SSSR count). The van der Waals surface area contributed by atoms with E-state index in [0.29, 0.717) is 11.3 Å². The molecule has 7 heteroatoms. The lowest BCUT2D eigenvalue weighted by Crippen LogP contribution is -2.56. The molecule has 1 saturated carbocycles. The molecule has 1 aliphatic carbocycles. The van der Waals surface area contributed by atoms with Crippen molar-refractivity contribution in [1.82, 2.24) is 19.4 Å². The molecule has 1 saturated heterocycles. The van der Waals surface area contributed by atoms with Gasteiger partial charge in [0.15, 0.2) is 0 Å². The minimum atomic E-state index is -0.0468. The van der Waals surface area contributed by atoms with Crippen LogP contribution in [0.25, 0.3) is 16.6 Å². The molecule has 2 aromatic carbocycles. The van der Waals surface area contributed by atoms with E-state index in [4.69, 9.17) is 4.98 Å². The number of carbonyl (C=O) groups excluding carboxylic acids is 1. The smallest absolute Gasteiger partial charge is 0.266 e. The van der Waals surface area contributed by atoms with Crippen molar-refractivity contribution in [3.63, 3.8) is 0 Å². The van der Waals surface area contributed by atoms with Crippen LogP contribution in [-0.2, 0) is 4.79 Å². The number of hydrogen-bond acceptors (Lipinski definition) is 4. The molecule has 1 amide bonds. The molecule has 2 fully saturated rings. The van der Waals surface area contributed by atoms with E-state index >= 15 is 0 Å². The molecule has 0 radical (unpaired) electrons. The van der Waals surface area contributed by atoms with E-state index in [1.807, 2.05) is 48.5 Å². The van der Waals surface area contributed by atoms with E-state index in [-0.39, 0.29) is 23.6 Å². The zero-order valence-electron chi connectivity index (χ0n) is 20.5. The maximum Gasteiger partial charge on any atom is 0.266 e.